The summed E-state index contributed by atoms with van der Waals surface area (Å²) >= 11 is 0. The van der Waals surface area contributed by atoms with E-state index in [1.807, 2.05) is 0 Å². The fraction of sp³-hybridized carbons (Fsp3) is 0.632. The second-order valence-corrected chi connectivity index (χ2v) is 6.93. The Morgan fingerprint density at radius 2 is 1.82 bits per heavy atom. The number of likely N-dealkylation sites (tertiary alicyclic amines) is 1. The standard InChI is InChI=1S/C19H26FNO/c20-18-9-7-16(8-10-18)19(22)6-3-12-21-13-11-15-4-1-2-5-17(15)14-21/h7-10,15,17H,1-6,11-14H2/t15-,17-/m1/s1. The van der Waals surface area contributed by atoms with Crippen molar-refractivity contribution in [3.8, 4) is 0 Å². The highest BCUT2D eigenvalue weighted by Gasteiger charge is 2.30. The van der Waals surface area contributed by atoms with E-state index in [-0.39, 0.29) is 11.6 Å². The lowest BCUT2D eigenvalue weighted by atomic mass is 9.75. The molecule has 1 saturated carbocycles. The summed E-state index contributed by atoms with van der Waals surface area (Å²) in [4.78, 5) is 14.6. The minimum Gasteiger partial charge on any atom is -0.303 e. The minimum atomic E-state index is -0.285. The molecule has 0 aromatic heterocycles. The normalized spacial score (nSPS) is 25.7. The molecule has 0 N–H and O–H groups in total. The highest BCUT2D eigenvalue weighted by Crippen LogP contribution is 2.36. The molecule has 1 aromatic carbocycles. The van der Waals surface area contributed by atoms with Crippen LogP contribution in [0.15, 0.2) is 24.3 Å². The number of nitrogens with zero attached hydrogens (tertiary/aromatic N) is 1. The Labute approximate surface area is 132 Å². The van der Waals surface area contributed by atoms with Gasteiger partial charge in [0.05, 0.1) is 0 Å². The molecule has 1 heterocycles. The number of hydrogen-bond donors (Lipinski definition) is 0. The maximum Gasteiger partial charge on any atom is 0.162 e. The van der Waals surface area contributed by atoms with Gasteiger partial charge in [-0.3, -0.25) is 4.79 Å². The third-order valence-corrected chi connectivity index (χ3v) is 5.42. The Kier molecular flexibility index (Phi) is 5.24. The van der Waals surface area contributed by atoms with Gasteiger partial charge in [-0.15, -0.1) is 0 Å². The topological polar surface area (TPSA) is 20.3 Å². The highest BCUT2D eigenvalue weighted by atomic mass is 19.1. The summed E-state index contributed by atoms with van der Waals surface area (Å²) in [5.74, 6) is 1.71. The van der Waals surface area contributed by atoms with Gasteiger partial charge in [0.15, 0.2) is 5.78 Å². The van der Waals surface area contributed by atoms with E-state index in [0.717, 1.165) is 24.8 Å². The molecule has 22 heavy (non-hydrogen) atoms. The molecule has 0 radical (unpaired) electrons. The van der Waals surface area contributed by atoms with Gasteiger partial charge < -0.3 is 4.90 Å². The molecular weight excluding hydrogens is 277 g/mol. The zero-order valence-corrected chi connectivity index (χ0v) is 13.3. The van der Waals surface area contributed by atoms with Gasteiger partial charge in [0.25, 0.3) is 0 Å². The largest absolute Gasteiger partial charge is 0.303 e. The van der Waals surface area contributed by atoms with E-state index in [4.69, 9.17) is 0 Å². The van der Waals surface area contributed by atoms with Crippen molar-refractivity contribution in [1.29, 1.82) is 0 Å². The number of halogens is 1. The van der Waals surface area contributed by atoms with Crippen LogP contribution in [-0.2, 0) is 0 Å². The second kappa shape index (κ2) is 7.36. The molecule has 2 atom stereocenters. The van der Waals surface area contributed by atoms with E-state index in [0.29, 0.717) is 12.0 Å². The van der Waals surface area contributed by atoms with E-state index in [1.165, 1.54) is 57.3 Å². The van der Waals surface area contributed by atoms with Crippen molar-refractivity contribution in [2.75, 3.05) is 19.6 Å². The van der Waals surface area contributed by atoms with E-state index in [9.17, 15) is 9.18 Å². The van der Waals surface area contributed by atoms with Gasteiger partial charge in [-0.25, -0.2) is 4.39 Å². The third kappa shape index (κ3) is 3.95. The first kappa shape index (κ1) is 15.7. The summed E-state index contributed by atoms with van der Waals surface area (Å²) in [6.45, 7) is 3.46. The van der Waals surface area contributed by atoms with Gasteiger partial charge in [0, 0.05) is 18.5 Å². The van der Waals surface area contributed by atoms with E-state index in [1.54, 1.807) is 12.1 Å². The Morgan fingerprint density at radius 1 is 1.09 bits per heavy atom. The van der Waals surface area contributed by atoms with Crippen molar-refractivity contribution in [2.45, 2.75) is 44.9 Å². The van der Waals surface area contributed by atoms with Crippen molar-refractivity contribution in [3.05, 3.63) is 35.6 Å². The summed E-state index contributed by atoms with van der Waals surface area (Å²) < 4.78 is 12.9. The molecule has 1 saturated heterocycles. The Morgan fingerprint density at radius 3 is 2.59 bits per heavy atom. The van der Waals surface area contributed by atoms with Crippen LogP contribution >= 0.6 is 0 Å². The first-order valence-corrected chi connectivity index (χ1v) is 8.73. The van der Waals surface area contributed by atoms with Crippen molar-refractivity contribution >= 4 is 5.78 Å². The van der Waals surface area contributed by atoms with Crippen LogP contribution in [0.25, 0.3) is 0 Å². The van der Waals surface area contributed by atoms with Crippen LogP contribution in [0, 0.1) is 17.7 Å². The zero-order chi connectivity index (χ0) is 15.4. The van der Waals surface area contributed by atoms with Gasteiger partial charge in [-0.2, -0.15) is 0 Å². The number of benzene rings is 1. The Hall–Kier alpha value is -1.22. The van der Waals surface area contributed by atoms with Gasteiger partial charge >= 0.3 is 0 Å². The maximum atomic E-state index is 12.9. The maximum absolute atomic E-state index is 12.9. The van der Waals surface area contributed by atoms with Crippen LogP contribution < -0.4 is 0 Å². The first-order valence-electron chi connectivity index (χ1n) is 8.73. The summed E-state index contributed by atoms with van der Waals surface area (Å²) in [6.07, 6.45) is 8.48. The molecule has 0 amide bonds. The lowest BCUT2D eigenvalue weighted by Crippen LogP contribution is -2.42. The SMILES string of the molecule is O=C(CCCN1CC[C@H]2CCCC[C@@H]2C1)c1ccc(F)cc1. The summed E-state index contributed by atoms with van der Waals surface area (Å²) in [6, 6.07) is 5.90. The summed E-state index contributed by atoms with van der Waals surface area (Å²) in [5.41, 5.74) is 0.632. The molecule has 1 aliphatic carbocycles. The number of carbonyl (C=O) groups excluding carboxylic acids is 1. The summed E-state index contributed by atoms with van der Waals surface area (Å²) in [5, 5.41) is 0. The molecule has 0 spiro atoms. The predicted molar refractivity (Wildman–Crippen MR) is 86.5 cm³/mol. The summed E-state index contributed by atoms with van der Waals surface area (Å²) in [7, 11) is 0. The fourth-order valence-corrected chi connectivity index (χ4v) is 4.12. The molecule has 2 aliphatic rings. The number of carbonyl (C=O) groups is 1. The molecule has 2 fully saturated rings. The van der Waals surface area contributed by atoms with E-state index >= 15 is 0 Å². The van der Waals surface area contributed by atoms with Crippen LogP contribution in [0.3, 0.4) is 0 Å². The lowest BCUT2D eigenvalue weighted by Gasteiger charge is -2.41. The monoisotopic (exact) mass is 303 g/mol. The fourth-order valence-electron chi connectivity index (χ4n) is 4.12. The number of ketones is 1. The van der Waals surface area contributed by atoms with Crippen molar-refractivity contribution in [1.82, 2.24) is 4.90 Å². The molecular formula is C19H26FNO. The molecule has 1 aliphatic heterocycles. The number of piperidine rings is 1. The van der Waals surface area contributed by atoms with Gasteiger partial charge in [-0.1, -0.05) is 19.3 Å². The van der Waals surface area contributed by atoms with Gasteiger partial charge in [0.2, 0.25) is 0 Å². The number of Topliss-reactive ketones (excluding diaryl/α,β-unsaturated/α-hetero) is 1. The quantitative estimate of drug-likeness (QED) is 0.756. The molecule has 0 bridgehead atoms. The smallest absolute Gasteiger partial charge is 0.162 e. The average molecular weight is 303 g/mol. The molecule has 120 valence electrons. The van der Waals surface area contributed by atoms with Gasteiger partial charge in [0.1, 0.15) is 5.82 Å². The number of rotatable bonds is 5. The Balaban J connectivity index is 1.41. The lowest BCUT2D eigenvalue weighted by molar-refractivity contribution is 0.0829. The van der Waals surface area contributed by atoms with Crippen LogP contribution in [0.4, 0.5) is 4.39 Å². The van der Waals surface area contributed by atoms with Crippen molar-refractivity contribution in [3.63, 3.8) is 0 Å². The van der Waals surface area contributed by atoms with E-state index in [2.05, 4.69) is 4.90 Å². The molecule has 3 rings (SSSR count). The molecule has 2 nitrogen and oxygen atoms in total. The van der Waals surface area contributed by atoms with E-state index < -0.39 is 0 Å². The van der Waals surface area contributed by atoms with Crippen molar-refractivity contribution in [2.24, 2.45) is 11.8 Å². The predicted octanol–water partition coefficient (Wildman–Crippen LogP) is 4.30. The van der Waals surface area contributed by atoms with Crippen LogP contribution in [0.1, 0.15) is 55.3 Å². The number of hydrogen-bond acceptors (Lipinski definition) is 2. The molecule has 3 heteroatoms. The Bertz CT molecular complexity index is 499. The molecule has 0 unspecified atom stereocenters. The highest BCUT2D eigenvalue weighted by molar-refractivity contribution is 5.95. The minimum absolute atomic E-state index is 0.132. The second-order valence-electron chi connectivity index (χ2n) is 6.93. The zero-order valence-electron chi connectivity index (χ0n) is 13.3. The van der Waals surface area contributed by atoms with Crippen LogP contribution in [-0.4, -0.2) is 30.3 Å². The number of fused-ring (bicyclic) bond motifs is 1. The third-order valence-electron chi connectivity index (χ3n) is 5.42. The first-order chi connectivity index (χ1) is 10.7. The van der Waals surface area contributed by atoms with Gasteiger partial charge in [-0.05, 0) is 68.5 Å². The van der Waals surface area contributed by atoms with Crippen molar-refractivity contribution < 1.29 is 9.18 Å². The van der Waals surface area contributed by atoms with Crippen LogP contribution in [0.5, 0.6) is 0 Å². The average Bonchev–Trinajstić information content (AvgIpc) is 2.55. The molecule has 1 aromatic rings. The van der Waals surface area contributed by atoms with Crippen LogP contribution in [0.2, 0.25) is 0 Å².